The van der Waals surface area contributed by atoms with Crippen molar-refractivity contribution in [2.24, 2.45) is 29.1 Å². The quantitative estimate of drug-likeness (QED) is 0.496. The summed E-state index contributed by atoms with van der Waals surface area (Å²) >= 11 is 0. The molecular formula is C27H44N2O5. The lowest BCUT2D eigenvalue weighted by atomic mass is 9.42. The van der Waals surface area contributed by atoms with Crippen molar-refractivity contribution in [3.63, 3.8) is 0 Å². The highest BCUT2D eigenvalue weighted by molar-refractivity contribution is 5.73. The molecule has 0 amide bonds. The van der Waals surface area contributed by atoms with Crippen LogP contribution in [0.15, 0.2) is 0 Å². The molecule has 6 aliphatic rings. The summed E-state index contributed by atoms with van der Waals surface area (Å²) in [5, 5.41) is 24.7. The molecule has 4 saturated carbocycles. The van der Waals surface area contributed by atoms with E-state index in [0.29, 0.717) is 17.9 Å². The SMILES string of the molecule is CC[C@H](C)[C@H](N[C@@H]1CC[C@@]2(OC)C3CC4CCC(O)C5O[C@@H]1[C@]2(CCN3CC1CC1)C45)C(=O)O. The molecule has 0 aromatic rings. The predicted molar refractivity (Wildman–Crippen MR) is 127 cm³/mol. The summed E-state index contributed by atoms with van der Waals surface area (Å²) in [5.74, 6) is 0.978. The highest BCUT2D eigenvalue weighted by Gasteiger charge is 2.78. The number of aliphatic hydroxyl groups excluding tert-OH is 1. The van der Waals surface area contributed by atoms with Crippen molar-refractivity contribution in [2.75, 3.05) is 20.2 Å². The number of carbonyl (C=O) groups is 1. The van der Waals surface area contributed by atoms with E-state index in [1.54, 1.807) is 0 Å². The van der Waals surface area contributed by atoms with Gasteiger partial charge in [-0.25, -0.2) is 0 Å². The van der Waals surface area contributed by atoms with Gasteiger partial charge in [0.2, 0.25) is 0 Å². The number of nitrogens with one attached hydrogen (secondary N) is 1. The lowest BCUT2D eigenvalue weighted by molar-refractivity contribution is -0.272. The zero-order valence-corrected chi connectivity index (χ0v) is 21.1. The van der Waals surface area contributed by atoms with Crippen molar-refractivity contribution >= 4 is 5.97 Å². The number of nitrogens with zero attached hydrogens (tertiary/aromatic N) is 1. The van der Waals surface area contributed by atoms with Crippen molar-refractivity contribution in [1.82, 2.24) is 10.2 Å². The molecule has 5 unspecified atom stereocenters. The summed E-state index contributed by atoms with van der Waals surface area (Å²) < 4.78 is 13.6. The Morgan fingerprint density at radius 2 is 2.03 bits per heavy atom. The van der Waals surface area contributed by atoms with E-state index in [1.165, 1.54) is 19.4 Å². The van der Waals surface area contributed by atoms with E-state index in [2.05, 4.69) is 17.1 Å². The molecule has 6 rings (SSSR count). The molecule has 2 saturated heterocycles. The van der Waals surface area contributed by atoms with Crippen LogP contribution in [0.25, 0.3) is 0 Å². The van der Waals surface area contributed by atoms with Gasteiger partial charge in [-0.2, -0.15) is 0 Å². The first-order chi connectivity index (χ1) is 16.4. The first kappa shape index (κ1) is 23.7. The number of aliphatic carboxylic acids is 1. The molecule has 0 aromatic carbocycles. The molecule has 11 atom stereocenters. The molecule has 7 nitrogen and oxygen atoms in total. The molecule has 2 heterocycles. The Morgan fingerprint density at radius 3 is 2.71 bits per heavy atom. The smallest absolute Gasteiger partial charge is 0.320 e. The fourth-order valence-corrected chi connectivity index (χ4v) is 9.40. The summed E-state index contributed by atoms with van der Waals surface area (Å²) in [6, 6.07) is -0.202. The molecule has 0 radical (unpaired) electrons. The van der Waals surface area contributed by atoms with Gasteiger partial charge in [0.05, 0.1) is 23.9 Å². The Morgan fingerprint density at radius 1 is 1.24 bits per heavy atom. The Labute approximate surface area is 203 Å². The van der Waals surface area contributed by atoms with Gasteiger partial charge in [0.1, 0.15) is 6.04 Å². The van der Waals surface area contributed by atoms with Crippen molar-refractivity contribution in [3.05, 3.63) is 0 Å². The number of rotatable bonds is 8. The number of piperidine rings is 1. The van der Waals surface area contributed by atoms with Gasteiger partial charge >= 0.3 is 5.97 Å². The van der Waals surface area contributed by atoms with Crippen molar-refractivity contribution in [1.29, 1.82) is 0 Å². The largest absolute Gasteiger partial charge is 0.480 e. The zero-order chi connectivity index (χ0) is 23.8. The number of methoxy groups -OCH3 is 1. The van der Waals surface area contributed by atoms with Crippen LogP contribution in [0.1, 0.15) is 71.6 Å². The summed E-state index contributed by atoms with van der Waals surface area (Å²) in [6.45, 7) is 6.34. The number of hydrogen-bond donors (Lipinski definition) is 3. The van der Waals surface area contributed by atoms with Gasteiger partial charge in [0.25, 0.3) is 0 Å². The third kappa shape index (κ3) is 3.16. The minimum atomic E-state index is -0.774. The van der Waals surface area contributed by atoms with Crippen LogP contribution in [0.2, 0.25) is 0 Å². The Balaban J connectivity index is 1.40. The number of carboxylic acid groups (broad SMARTS) is 1. The Kier molecular flexibility index (Phi) is 5.85. The number of hydrogen-bond acceptors (Lipinski definition) is 6. The third-order valence-electron chi connectivity index (χ3n) is 11.2. The lowest BCUT2D eigenvalue weighted by Crippen LogP contribution is -2.79. The molecule has 2 bridgehead atoms. The second-order valence-corrected chi connectivity index (χ2v) is 12.5. The predicted octanol–water partition coefficient (Wildman–Crippen LogP) is 2.65. The van der Waals surface area contributed by atoms with Crippen LogP contribution in [-0.2, 0) is 14.3 Å². The summed E-state index contributed by atoms with van der Waals surface area (Å²) in [4.78, 5) is 15.0. The van der Waals surface area contributed by atoms with Gasteiger partial charge in [0, 0.05) is 37.1 Å². The van der Waals surface area contributed by atoms with Crippen LogP contribution in [-0.4, -0.2) is 83.3 Å². The van der Waals surface area contributed by atoms with Gasteiger partial charge in [0.15, 0.2) is 0 Å². The molecular weight excluding hydrogens is 432 g/mol. The average molecular weight is 477 g/mol. The molecule has 192 valence electrons. The van der Waals surface area contributed by atoms with Crippen molar-refractivity contribution < 1.29 is 24.5 Å². The summed E-state index contributed by atoms with van der Waals surface area (Å²) in [6.07, 6.45) is 8.70. The maximum Gasteiger partial charge on any atom is 0.320 e. The first-order valence-corrected chi connectivity index (χ1v) is 14.0. The van der Waals surface area contributed by atoms with Crippen LogP contribution in [0, 0.1) is 29.1 Å². The number of ether oxygens (including phenoxy) is 2. The normalized spacial score (nSPS) is 49.4. The van der Waals surface area contributed by atoms with Crippen molar-refractivity contribution in [3.8, 4) is 0 Å². The minimum Gasteiger partial charge on any atom is -0.480 e. The van der Waals surface area contributed by atoms with Gasteiger partial charge in [-0.05, 0) is 75.7 Å². The topological polar surface area (TPSA) is 91.3 Å². The summed E-state index contributed by atoms with van der Waals surface area (Å²) in [5.41, 5.74) is -0.430. The first-order valence-electron chi connectivity index (χ1n) is 14.0. The monoisotopic (exact) mass is 476 g/mol. The van der Waals surface area contributed by atoms with E-state index in [0.717, 1.165) is 57.4 Å². The van der Waals surface area contributed by atoms with E-state index in [9.17, 15) is 15.0 Å². The standard InChI is InChI=1S/C27H44N2O5/c1-4-15(2)22(25(31)32)28-18-9-10-27(33-3)20-13-17-7-8-19(30)23-21(17)26(27,24(18)34-23)11-12-29(20)14-16-5-6-16/h15-24,28,30H,4-14H2,1-3H3,(H,31,32)/t15-,17?,18+,19?,20?,21?,22-,23?,24-,26-,27+/m0/s1. The van der Waals surface area contributed by atoms with Gasteiger partial charge in [-0.1, -0.05) is 20.3 Å². The molecule has 1 spiro atoms. The fourth-order valence-electron chi connectivity index (χ4n) is 9.40. The van der Waals surface area contributed by atoms with Crippen LogP contribution in [0.3, 0.4) is 0 Å². The number of likely N-dealkylation sites (tertiary alicyclic amines) is 1. The molecule has 34 heavy (non-hydrogen) atoms. The van der Waals surface area contributed by atoms with Crippen LogP contribution in [0.5, 0.6) is 0 Å². The number of aliphatic hydroxyl groups is 1. The Hall–Kier alpha value is -0.730. The highest BCUT2D eigenvalue weighted by Crippen LogP contribution is 2.70. The molecule has 4 aliphatic carbocycles. The van der Waals surface area contributed by atoms with Crippen molar-refractivity contribution in [2.45, 2.75) is 114 Å². The highest BCUT2D eigenvalue weighted by atomic mass is 16.5. The third-order valence-corrected chi connectivity index (χ3v) is 11.2. The van der Waals surface area contributed by atoms with E-state index >= 15 is 0 Å². The molecule has 6 fully saturated rings. The second kappa shape index (κ2) is 8.41. The maximum atomic E-state index is 12.2. The molecule has 2 aliphatic heterocycles. The lowest BCUT2D eigenvalue weighted by Gasteiger charge is -2.70. The van der Waals surface area contributed by atoms with Crippen LogP contribution in [0.4, 0.5) is 0 Å². The minimum absolute atomic E-state index is 0.0226. The van der Waals surface area contributed by atoms with Gasteiger partial charge < -0.3 is 19.7 Å². The van der Waals surface area contributed by atoms with Gasteiger partial charge in [-0.15, -0.1) is 0 Å². The molecule has 0 aromatic heterocycles. The van der Waals surface area contributed by atoms with E-state index in [-0.39, 0.29) is 35.2 Å². The number of carboxylic acids is 1. The van der Waals surface area contributed by atoms with Gasteiger partial charge in [-0.3, -0.25) is 15.0 Å². The fraction of sp³-hybridized carbons (Fsp3) is 0.963. The van der Waals surface area contributed by atoms with Crippen LogP contribution < -0.4 is 5.32 Å². The second-order valence-electron chi connectivity index (χ2n) is 12.5. The maximum absolute atomic E-state index is 12.2. The van der Waals surface area contributed by atoms with E-state index < -0.39 is 18.1 Å². The average Bonchev–Trinajstić information content (AvgIpc) is 3.57. The van der Waals surface area contributed by atoms with Crippen LogP contribution >= 0.6 is 0 Å². The van der Waals surface area contributed by atoms with E-state index in [1.807, 2.05) is 14.0 Å². The Bertz CT molecular complexity index is 806. The molecule has 3 N–H and O–H groups in total. The van der Waals surface area contributed by atoms with E-state index in [4.69, 9.17) is 9.47 Å². The zero-order valence-electron chi connectivity index (χ0n) is 21.1. The molecule has 7 heteroatoms. The summed E-state index contributed by atoms with van der Waals surface area (Å²) in [7, 11) is 1.91.